The molecule has 3 aliphatic rings. The van der Waals surface area contributed by atoms with Crippen LogP contribution in [0.25, 0.3) is 0 Å². The zero-order valence-corrected chi connectivity index (χ0v) is 8.81. The highest BCUT2D eigenvalue weighted by atomic mass is 16.4. The quantitative estimate of drug-likeness (QED) is 0.588. The van der Waals surface area contributed by atoms with Crippen LogP contribution < -0.4 is 10.6 Å². The minimum absolute atomic E-state index is 0.0499. The Morgan fingerprint density at radius 2 is 2.38 bits per heavy atom. The van der Waals surface area contributed by atoms with Gasteiger partial charge in [0.15, 0.2) is 0 Å². The van der Waals surface area contributed by atoms with Crippen LogP contribution in [-0.4, -0.2) is 35.7 Å². The first kappa shape index (κ1) is 9.81. The minimum atomic E-state index is -0.778. The van der Waals surface area contributed by atoms with Gasteiger partial charge in [-0.05, 0) is 17.6 Å². The predicted octanol–water partition coefficient (Wildman–Crippen LogP) is 0.196. The Morgan fingerprint density at radius 1 is 1.50 bits per heavy atom. The molecule has 1 aliphatic carbocycles. The molecular weight excluding hydrogens is 204 g/mol. The van der Waals surface area contributed by atoms with Crippen molar-refractivity contribution in [1.82, 2.24) is 10.6 Å². The lowest BCUT2D eigenvalue weighted by atomic mass is 9.89. The molecule has 3 unspecified atom stereocenters. The molecule has 3 rings (SSSR count). The van der Waals surface area contributed by atoms with Crippen molar-refractivity contribution in [2.45, 2.75) is 24.5 Å². The second kappa shape index (κ2) is 3.57. The highest BCUT2D eigenvalue weighted by molar-refractivity contribution is 5.76. The molecule has 2 heterocycles. The average molecular weight is 218 g/mol. The molecule has 0 saturated carbocycles. The van der Waals surface area contributed by atoms with Crippen LogP contribution in [0.15, 0.2) is 35.5 Å². The number of hydrogen-bond donors (Lipinski definition) is 3. The molecule has 0 spiro atoms. The molecular formula is C12H14N2O2. The van der Waals surface area contributed by atoms with Crippen molar-refractivity contribution in [2.24, 2.45) is 0 Å². The summed E-state index contributed by atoms with van der Waals surface area (Å²) in [5, 5.41) is 15.5. The molecule has 2 aliphatic heterocycles. The number of nitrogens with one attached hydrogen (secondary N) is 2. The Hall–Kier alpha value is -1.39. The minimum Gasteiger partial charge on any atom is -0.480 e. The van der Waals surface area contributed by atoms with Crippen molar-refractivity contribution in [1.29, 1.82) is 0 Å². The normalized spacial score (nSPS) is 36.1. The van der Waals surface area contributed by atoms with E-state index in [2.05, 4.69) is 34.9 Å². The molecule has 0 bridgehead atoms. The summed E-state index contributed by atoms with van der Waals surface area (Å²) in [5.41, 5.74) is 2.42. The predicted molar refractivity (Wildman–Crippen MR) is 60.1 cm³/mol. The number of carbonyl (C=O) groups is 1. The van der Waals surface area contributed by atoms with Gasteiger partial charge in [0.1, 0.15) is 6.04 Å². The highest BCUT2D eigenvalue weighted by Gasteiger charge is 2.40. The topological polar surface area (TPSA) is 61.4 Å². The maximum absolute atomic E-state index is 11.1. The number of carboxylic acids is 1. The van der Waals surface area contributed by atoms with Gasteiger partial charge in [-0.1, -0.05) is 24.3 Å². The van der Waals surface area contributed by atoms with E-state index in [1.807, 2.05) is 0 Å². The zero-order chi connectivity index (χ0) is 11.1. The van der Waals surface area contributed by atoms with E-state index in [1.54, 1.807) is 0 Å². The third kappa shape index (κ3) is 1.42. The summed E-state index contributed by atoms with van der Waals surface area (Å²) >= 11 is 0. The van der Waals surface area contributed by atoms with Gasteiger partial charge in [-0.15, -0.1) is 0 Å². The van der Waals surface area contributed by atoms with Crippen LogP contribution in [0, 0.1) is 0 Å². The number of fused-ring (bicyclic) bond motifs is 2. The van der Waals surface area contributed by atoms with Gasteiger partial charge in [0, 0.05) is 12.6 Å². The molecule has 0 aromatic heterocycles. The summed E-state index contributed by atoms with van der Waals surface area (Å²) in [7, 11) is 0. The van der Waals surface area contributed by atoms with E-state index >= 15 is 0 Å². The van der Waals surface area contributed by atoms with Crippen LogP contribution >= 0.6 is 0 Å². The molecule has 1 saturated heterocycles. The lowest BCUT2D eigenvalue weighted by molar-refractivity contribution is -0.139. The smallest absolute Gasteiger partial charge is 0.322 e. The zero-order valence-electron chi connectivity index (χ0n) is 8.81. The molecule has 3 atom stereocenters. The SMILES string of the molecule is O=C(O)C1NCC2=CC3=CC=CCC3NC21. The van der Waals surface area contributed by atoms with Gasteiger partial charge in [-0.2, -0.15) is 0 Å². The van der Waals surface area contributed by atoms with Crippen LogP contribution in [0.4, 0.5) is 0 Å². The van der Waals surface area contributed by atoms with Gasteiger partial charge < -0.3 is 10.4 Å². The van der Waals surface area contributed by atoms with Crippen LogP contribution in [0.1, 0.15) is 6.42 Å². The average Bonchev–Trinajstić information content (AvgIpc) is 2.68. The Bertz CT molecular complexity index is 423. The molecule has 0 aromatic carbocycles. The second-order valence-electron chi connectivity index (χ2n) is 4.44. The lowest BCUT2D eigenvalue weighted by Gasteiger charge is -2.32. The first-order valence-electron chi connectivity index (χ1n) is 5.55. The van der Waals surface area contributed by atoms with Crippen molar-refractivity contribution in [3.63, 3.8) is 0 Å². The molecule has 0 aromatic rings. The van der Waals surface area contributed by atoms with Crippen LogP contribution in [-0.2, 0) is 4.79 Å². The largest absolute Gasteiger partial charge is 0.480 e. The van der Waals surface area contributed by atoms with E-state index in [9.17, 15) is 4.79 Å². The van der Waals surface area contributed by atoms with Gasteiger partial charge in [0.25, 0.3) is 0 Å². The Morgan fingerprint density at radius 3 is 3.19 bits per heavy atom. The van der Waals surface area contributed by atoms with Gasteiger partial charge >= 0.3 is 5.97 Å². The summed E-state index contributed by atoms with van der Waals surface area (Å²) in [6, 6.07) is -0.259. The van der Waals surface area contributed by atoms with Gasteiger partial charge in [0.05, 0.1) is 6.04 Å². The molecule has 84 valence electrons. The molecule has 3 N–H and O–H groups in total. The maximum atomic E-state index is 11.1. The fraction of sp³-hybridized carbons (Fsp3) is 0.417. The van der Waals surface area contributed by atoms with Gasteiger partial charge in [-0.3, -0.25) is 10.1 Å². The van der Waals surface area contributed by atoms with Crippen molar-refractivity contribution in [2.75, 3.05) is 6.54 Å². The number of hydrogen-bond acceptors (Lipinski definition) is 3. The number of allylic oxidation sites excluding steroid dienone is 2. The molecule has 0 radical (unpaired) electrons. The fourth-order valence-electron chi connectivity index (χ4n) is 2.63. The first-order valence-corrected chi connectivity index (χ1v) is 5.55. The molecule has 16 heavy (non-hydrogen) atoms. The van der Waals surface area contributed by atoms with Crippen LogP contribution in [0.5, 0.6) is 0 Å². The van der Waals surface area contributed by atoms with E-state index in [0.717, 1.165) is 12.0 Å². The Balaban J connectivity index is 1.92. The van der Waals surface area contributed by atoms with Crippen molar-refractivity contribution < 1.29 is 9.90 Å². The number of rotatable bonds is 1. The third-order valence-corrected chi connectivity index (χ3v) is 3.46. The van der Waals surface area contributed by atoms with Crippen molar-refractivity contribution in [3.8, 4) is 0 Å². The monoisotopic (exact) mass is 218 g/mol. The van der Waals surface area contributed by atoms with Gasteiger partial charge in [0.2, 0.25) is 0 Å². The van der Waals surface area contributed by atoms with E-state index in [-0.39, 0.29) is 12.1 Å². The van der Waals surface area contributed by atoms with Gasteiger partial charge in [-0.25, -0.2) is 0 Å². The van der Waals surface area contributed by atoms with E-state index in [1.165, 1.54) is 5.57 Å². The maximum Gasteiger partial charge on any atom is 0.322 e. The highest BCUT2D eigenvalue weighted by Crippen LogP contribution is 2.27. The molecule has 1 fully saturated rings. The van der Waals surface area contributed by atoms with Crippen molar-refractivity contribution in [3.05, 3.63) is 35.5 Å². The summed E-state index contributed by atoms with van der Waals surface area (Å²) < 4.78 is 0. The molecule has 0 amide bonds. The molecule has 4 nitrogen and oxygen atoms in total. The first-order chi connectivity index (χ1) is 7.75. The summed E-state index contributed by atoms with van der Waals surface area (Å²) in [6.45, 7) is 0.669. The lowest BCUT2D eigenvalue weighted by Crippen LogP contribution is -2.51. The summed E-state index contributed by atoms with van der Waals surface area (Å²) in [5.74, 6) is -0.778. The fourth-order valence-corrected chi connectivity index (χ4v) is 2.63. The molecule has 4 heteroatoms. The van der Waals surface area contributed by atoms with Crippen LogP contribution in [0.3, 0.4) is 0 Å². The van der Waals surface area contributed by atoms with E-state index in [0.29, 0.717) is 6.54 Å². The van der Waals surface area contributed by atoms with E-state index < -0.39 is 12.0 Å². The summed E-state index contributed by atoms with van der Waals surface area (Å²) in [6.07, 6.45) is 9.35. The standard InChI is InChI=1S/C12H14N2O2/c15-12(16)11-10-8(6-13-11)5-7-3-1-2-4-9(7)14-10/h1-3,5,9-11,13-14H,4,6H2,(H,15,16). The third-order valence-electron chi connectivity index (χ3n) is 3.46. The summed E-state index contributed by atoms with van der Waals surface area (Å²) in [4.78, 5) is 11.1. The Labute approximate surface area is 93.7 Å². The second-order valence-corrected chi connectivity index (χ2v) is 4.44. The van der Waals surface area contributed by atoms with Crippen molar-refractivity contribution >= 4 is 5.97 Å². The number of aliphatic carboxylic acids is 1. The Kier molecular flexibility index (Phi) is 2.19. The number of carboxylic acid groups (broad SMARTS) is 1. The van der Waals surface area contributed by atoms with E-state index in [4.69, 9.17) is 5.11 Å². The van der Waals surface area contributed by atoms with Crippen LogP contribution in [0.2, 0.25) is 0 Å².